The maximum Gasteiger partial charge on any atom is 0.131 e. The topological polar surface area (TPSA) is 40.7 Å². The van der Waals surface area contributed by atoms with Crippen LogP contribution in [0.1, 0.15) is 5.56 Å². The highest BCUT2D eigenvalue weighted by Crippen LogP contribution is 2.18. The second-order valence-corrected chi connectivity index (χ2v) is 4.26. The van der Waals surface area contributed by atoms with Gasteiger partial charge < -0.3 is 5.32 Å². The first-order valence-electron chi connectivity index (χ1n) is 5.83. The summed E-state index contributed by atoms with van der Waals surface area (Å²) in [6.45, 7) is 0.297. The molecule has 2 N–H and O–H groups in total. The molecular formula is C14H11F2N3. The first-order valence-corrected chi connectivity index (χ1v) is 5.83. The smallest absolute Gasteiger partial charge is 0.131 e. The molecule has 0 fully saturated rings. The lowest BCUT2D eigenvalue weighted by Crippen LogP contribution is -2.02. The van der Waals surface area contributed by atoms with Crippen molar-refractivity contribution in [2.75, 3.05) is 5.32 Å². The summed E-state index contributed by atoms with van der Waals surface area (Å²) in [6, 6.07) is 9.27. The Morgan fingerprint density at radius 2 is 2.00 bits per heavy atom. The number of aromatic amines is 1. The normalized spacial score (nSPS) is 10.8. The SMILES string of the molecule is Fc1ccc(CNc2ccc3cn[nH]c3c2)c(F)c1. The molecule has 96 valence electrons. The Hall–Kier alpha value is -2.43. The molecule has 0 spiro atoms. The summed E-state index contributed by atoms with van der Waals surface area (Å²) >= 11 is 0. The summed E-state index contributed by atoms with van der Waals surface area (Å²) in [7, 11) is 0. The Morgan fingerprint density at radius 1 is 1.11 bits per heavy atom. The lowest BCUT2D eigenvalue weighted by atomic mass is 10.2. The van der Waals surface area contributed by atoms with Crippen LogP contribution in [-0.2, 0) is 6.54 Å². The van der Waals surface area contributed by atoms with E-state index in [4.69, 9.17) is 0 Å². The van der Waals surface area contributed by atoms with Gasteiger partial charge in [-0.3, -0.25) is 5.10 Å². The van der Waals surface area contributed by atoms with Crippen LogP contribution in [0, 0.1) is 11.6 Å². The van der Waals surface area contributed by atoms with Crippen LogP contribution in [0.4, 0.5) is 14.5 Å². The highest BCUT2D eigenvalue weighted by molar-refractivity contribution is 5.81. The molecule has 0 saturated heterocycles. The predicted octanol–water partition coefficient (Wildman–Crippen LogP) is 3.45. The van der Waals surface area contributed by atoms with Crippen molar-refractivity contribution in [1.29, 1.82) is 0 Å². The molecule has 0 aliphatic carbocycles. The third-order valence-electron chi connectivity index (χ3n) is 2.94. The molecule has 3 rings (SSSR count). The van der Waals surface area contributed by atoms with Gasteiger partial charge >= 0.3 is 0 Å². The number of hydrogen-bond donors (Lipinski definition) is 2. The van der Waals surface area contributed by atoms with Crippen molar-refractivity contribution in [1.82, 2.24) is 10.2 Å². The number of nitrogens with zero attached hydrogens (tertiary/aromatic N) is 1. The van der Waals surface area contributed by atoms with E-state index in [2.05, 4.69) is 15.5 Å². The van der Waals surface area contributed by atoms with Crippen molar-refractivity contribution in [2.24, 2.45) is 0 Å². The number of fused-ring (bicyclic) bond motifs is 1. The number of benzene rings is 2. The molecule has 0 bridgehead atoms. The van der Waals surface area contributed by atoms with Gasteiger partial charge in [0, 0.05) is 29.2 Å². The maximum absolute atomic E-state index is 13.5. The van der Waals surface area contributed by atoms with E-state index < -0.39 is 11.6 Å². The fourth-order valence-electron chi connectivity index (χ4n) is 1.91. The monoisotopic (exact) mass is 259 g/mol. The number of aromatic nitrogens is 2. The zero-order valence-corrected chi connectivity index (χ0v) is 9.95. The van der Waals surface area contributed by atoms with Crippen LogP contribution in [-0.4, -0.2) is 10.2 Å². The van der Waals surface area contributed by atoms with Gasteiger partial charge in [0.15, 0.2) is 0 Å². The zero-order chi connectivity index (χ0) is 13.2. The third-order valence-corrected chi connectivity index (χ3v) is 2.94. The van der Waals surface area contributed by atoms with Gasteiger partial charge in [-0.1, -0.05) is 6.07 Å². The Bertz CT molecular complexity index is 722. The van der Waals surface area contributed by atoms with Gasteiger partial charge in [0.05, 0.1) is 11.7 Å². The molecule has 3 nitrogen and oxygen atoms in total. The molecule has 2 aromatic carbocycles. The highest BCUT2D eigenvalue weighted by atomic mass is 19.1. The maximum atomic E-state index is 13.5. The summed E-state index contributed by atoms with van der Waals surface area (Å²) in [4.78, 5) is 0. The van der Waals surface area contributed by atoms with Gasteiger partial charge in [0.25, 0.3) is 0 Å². The Balaban J connectivity index is 1.77. The molecule has 19 heavy (non-hydrogen) atoms. The number of anilines is 1. The van der Waals surface area contributed by atoms with Gasteiger partial charge in [-0.25, -0.2) is 8.78 Å². The summed E-state index contributed by atoms with van der Waals surface area (Å²) < 4.78 is 26.2. The van der Waals surface area contributed by atoms with Gasteiger partial charge in [0.1, 0.15) is 11.6 Å². The zero-order valence-electron chi connectivity index (χ0n) is 9.95. The van der Waals surface area contributed by atoms with E-state index in [0.717, 1.165) is 22.7 Å². The molecule has 0 unspecified atom stereocenters. The minimum absolute atomic E-state index is 0.297. The van der Waals surface area contributed by atoms with Gasteiger partial charge in [0.2, 0.25) is 0 Å². The van der Waals surface area contributed by atoms with E-state index in [9.17, 15) is 8.78 Å². The summed E-state index contributed by atoms with van der Waals surface area (Å²) in [5, 5.41) is 10.9. The third kappa shape index (κ3) is 2.40. The van der Waals surface area contributed by atoms with Crippen LogP contribution in [0.2, 0.25) is 0 Å². The van der Waals surface area contributed by atoms with Gasteiger partial charge in [-0.15, -0.1) is 0 Å². The lowest BCUT2D eigenvalue weighted by molar-refractivity contribution is 0.574. The van der Waals surface area contributed by atoms with Crippen molar-refractivity contribution in [3.8, 4) is 0 Å². The van der Waals surface area contributed by atoms with Crippen LogP contribution >= 0.6 is 0 Å². The number of halogens is 2. The van der Waals surface area contributed by atoms with Crippen molar-refractivity contribution in [3.05, 3.63) is 59.8 Å². The second kappa shape index (κ2) is 4.68. The van der Waals surface area contributed by atoms with Gasteiger partial charge in [-0.05, 0) is 24.3 Å². The standard InChI is InChI=1S/C14H11F2N3/c15-11-3-1-9(13(16)5-11)7-17-12-4-2-10-8-18-19-14(10)6-12/h1-6,8,17H,7H2,(H,18,19). The van der Waals surface area contributed by atoms with Crippen molar-refractivity contribution in [2.45, 2.75) is 6.54 Å². The molecular weight excluding hydrogens is 248 g/mol. The lowest BCUT2D eigenvalue weighted by Gasteiger charge is -2.07. The molecule has 0 amide bonds. The molecule has 0 aliphatic rings. The average molecular weight is 259 g/mol. The van der Waals surface area contributed by atoms with Crippen molar-refractivity contribution >= 4 is 16.6 Å². The highest BCUT2D eigenvalue weighted by Gasteiger charge is 2.04. The largest absolute Gasteiger partial charge is 0.381 e. The number of rotatable bonds is 3. The summed E-state index contributed by atoms with van der Waals surface area (Å²) in [5.41, 5.74) is 2.18. The van der Waals surface area contributed by atoms with E-state index in [1.807, 2.05) is 18.2 Å². The fourth-order valence-corrected chi connectivity index (χ4v) is 1.91. The predicted molar refractivity (Wildman–Crippen MR) is 69.8 cm³/mol. The van der Waals surface area contributed by atoms with E-state index in [1.54, 1.807) is 6.20 Å². The molecule has 1 heterocycles. The average Bonchev–Trinajstić information content (AvgIpc) is 2.85. The van der Waals surface area contributed by atoms with Crippen LogP contribution in [0.25, 0.3) is 10.9 Å². The Kier molecular flexibility index (Phi) is 2.87. The molecule has 1 aromatic heterocycles. The molecule has 5 heteroatoms. The molecule has 3 aromatic rings. The van der Waals surface area contributed by atoms with Crippen LogP contribution in [0.3, 0.4) is 0 Å². The van der Waals surface area contributed by atoms with Crippen molar-refractivity contribution in [3.63, 3.8) is 0 Å². The summed E-state index contributed by atoms with van der Waals surface area (Å²) in [5.74, 6) is -1.12. The molecule has 0 radical (unpaired) electrons. The molecule has 0 atom stereocenters. The van der Waals surface area contributed by atoms with Crippen LogP contribution < -0.4 is 5.32 Å². The Labute approximate surface area is 108 Å². The minimum Gasteiger partial charge on any atom is -0.381 e. The van der Waals surface area contributed by atoms with Crippen molar-refractivity contribution < 1.29 is 8.78 Å². The van der Waals surface area contributed by atoms with E-state index in [0.29, 0.717) is 12.1 Å². The quantitative estimate of drug-likeness (QED) is 0.756. The fraction of sp³-hybridized carbons (Fsp3) is 0.0714. The van der Waals surface area contributed by atoms with E-state index >= 15 is 0 Å². The molecule has 0 aliphatic heterocycles. The minimum atomic E-state index is -0.569. The second-order valence-electron chi connectivity index (χ2n) is 4.26. The van der Waals surface area contributed by atoms with Crippen LogP contribution in [0.15, 0.2) is 42.6 Å². The number of nitrogens with one attached hydrogen (secondary N) is 2. The van der Waals surface area contributed by atoms with E-state index in [-0.39, 0.29) is 0 Å². The number of hydrogen-bond acceptors (Lipinski definition) is 2. The van der Waals surface area contributed by atoms with Gasteiger partial charge in [-0.2, -0.15) is 5.10 Å². The van der Waals surface area contributed by atoms with E-state index in [1.165, 1.54) is 12.1 Å². The first kappa shape index (κ1) is 11.6. The molecule has 0 saturated carbocycles. The van der Waals surface area contributed by atoms with Crippen LogP contribution in [0.5, 0.6) is 0 Å². The first-order chi connectivity index (χ1) is 9.22. The Morgan fingerprint density at radius 3 is 2.84 bits per heavy atom. The summed E-state index contributed by atoms with van der Waals surface area (Å²) in [6.07, 6.45) is 1.73. The number of H-pyrrole nitrogens is 1.